The van der Waals surface area contributed by atoms with Gasteiger partial charge in [0, 0.05) is 6.26 Å². The summed E-state index contributed by atoms with van der Waals surface area (Å²) in [5.74, 6) is 0.188. The second-order valence-electron chi connectivity index (χ2n) is 2.50. The molecule has 0 spiro atoms. The third-order valence-electron chi connectivity index (χ3n) is 1.14. The summed E-state index contributed by atoms with van der Waals surface area (Å²) in [6.07, 6.45) is 3.84. The summed E-state index contributed by atoms with van der Waals surface area (Å²) in [7, 11) is -3.03. The fraction of sp³-hybridized carbons (Fsp3) is 0.333. The molecule has 6 heteroatoms. The van der Waals surface area contributed by atoms with Crippen LogP contribution in [0.5, 0.6) is 0 Å². The Kier molecular flexibility index (Phi) is 2.27. The molecule has 5 nitrogen and oxygen atoms in total. The van der Waals surface area contributed by atoms with Gasteiger partial charge in [0.2, 0.25) is 0 Å². The highest BCUT2D eigenvalue weighted by molar-refractivity contribution is 7.89. The second kappa shape index (κ2) is 3.06. The van der Waals surface area contributed by atoms with E-state index in [0.717, 1.165) is 6.26 Å². The van der Waals surface area contributed by atoms with Gasteiger partial charge in [0.1, 0.15) is 5.82 Å². The van der Waals surface area contributed by atoms with Gasteiger partial charge in [0.05, 0.1) is 23.8 Å². The number of nitrogens with two attached hydrogens (primary N) is 1. The van der Waals surface area contributed by atoms with Gasteiger partial charge in [-0.2, -0.15) is 0 Å². The first kappa shape index (κ1) is 8.92. The molecule has 0 bridgehead atoms. The molecule has 0 aliphatic carbocycles. The Balaban J connectivity index is 2.85. The summed E-state index contributed by atoms with van der Waals surface area (Å²) in [6.45, 7) is 0. The van der Waals surface area contributed by atoms with Crippen LogP contribution < -0.4 is 5.73 Å². The van der Waals surface area contributed by atoms with Gasteiger partial charge in [-0.1, -0.05) is 0 Å². The maximum absolute atomic E-state index is 10.8. The molecule has 1 aromatic heterocycles. The summed E-state index contributed by atoms with van der Waals surface area (Å²) in [4.78, 5) is 7.51. The number of sulfone groups is 1. The quantitative estimate of drug-likeness (QED) is 0.681. The molecule has 0 fully saturated rings. The molecule has 0 saturated heterocycles. The number of anilines is 1. The predicted octanol–water partition coefficient (Wildman–Crippen LogP) is -0.397. The third-order valence-corrected chi connectivity index (χ3v) is 1.96. The van der Waals surface area contributed by atoms with Gasteiger partial charge in [-0.3, -0.25) is 4.98 Å². The number of nitrogen functional groups attached to an aromatic ring is 1. The van der Waals surface area contributed by atoms with Crippen molar-refractivity contribution in [2.75, 3.05) is 12.0 Å². The Morgan fingerprint density at radius 1 is 1.42 bits per heavy atom. The fourth-order valence-corrected chi connectivity index (χ4v) is 1.39. The van der Waals surface area contributed by atoms with Gasteiger partial charge in [0.25, 0.3) is 0 Å². The number of aromatic nitrogens is 2. The van der Waals surface area contributed by atoms with Gasteiger partial charge in [-0.15, -0.1) is 0 Å². The molecule has 1 heterocycles. The lowest BCUT2D eigenvalue weighted by molar-refractivity contribution is 0.600. The normalized spacial score (nSPS) is 11.4. The van der Waals surface area contributed by atoms with Crippen LogP contribution in [0.2, 0.25) is 0 Å². The van der Waals surface area contributed by atoms with E-state index < -0.39 is 9.84 Å². The molecule has 0 atom stereocenters. The Labute approximate surface area is 70.6 Å². The molecule has 0 saturated carbocycles. The zero-order chi connectivity index (χ0) is 9.19. The summed E-state index contributed by atoms with van der Waals surface area (Å²) in [6, 6.07) is 0. The van der Waals surface area contributed by atoms with Crippen LogP contribution in [0.4, 0.5) is 5.82 Å². The van der Waals surface area contributed by atoms with Crippen LogP contribution in [0.25, 0.3) is 0 Å². The summed E-state index contributed by atoms with van der Waals surface area (Å²) in [5, 5.41) is 0. The van der Waals surface area contributed by atoms with Gasteiger partial charge in [-0.05, 0) is 0 Å². The van der Waals surface area contributed by atoms with E-state index >= 15 is 0 Å². The predicted molar refractivity (Wildman–Crippen MR) is 45.0 cm³/mol. The fourth-order valence-electron chi connectivity index (χ4n) is 0.708. The van der Waals surface area contributed by atoms with E-state index in [0.29, 0.717) is 5.69 Å². The van der Waals surface area contributed by atoms with Crippen molar-refractivity contribution in [3.63, 3.8) is 0 Å². The average molecular weight is 187 g/mol. The molecule has 0 amide bonds. The zero-order valence-corrected chi connectivity index (χ0v) is 7.37. The molecule has 0 radical (unpaired) electrons. The van der Waals surface area contributed by atoms with Gasteiger partial charge >= 0.3 is 0 Å². The van der Waals surface area contributed by atoms with Crippen molar-refractivity contribution >= 4 is 15.7 Å². The van der Waals surface area contributed by atoms with Crippen LogP contribution in [-0.2, 0) is 15.6 Å². The van der Waals surface area contributed by atoms with Crippen molar-refractivity contribution in [2.45, 2.75) is 5.75 Å². The van der Waals surface area contributed by atoms with Gasteiger partial charge < -0.3 is 5.73 Å². The molecule has 1 rings (SSSR count). The molecule has 0 aromatic carbocycles. The molecule has 0 aliphatic heterocycles. The van der Waals surface area contributed by atoms with Crippen LogP contribution in [0.15, 0.2) is 12.4 Å². The lowest BCUT2D eigenvalue weighted by Crippen LogP contribution is -2.04. The molecular weight excluding hydrogens is 178 g/mol. The topological polar surface area (TPSA) is 85.9 Å². The first-order valence-electron chi connectivity index (χ1n) is 3.21. The van der Waals surface area contributed by atoms with Crippen LogP contribution in [0, 0.1) is 0 Å². The van der Waals surface area contributed by atoms with Crippen molar-refractivity contribution in [3.05, 3.63) is 18.1 Å². The van der Waals surface area contributed by atoms with Gasteiger partial charge in [-0.25, -0.2) is 13.4 Å². The maximum Gasteiger partial charge on any atom is 0.153 e. The third kappa shape index (κ3) is 2.83. The van der Waals surface area contributed by atoms with Crippen LogP contribution in [0.1, 0.15) is 5.69 Å². The smallest absolute Gasteiger partial charge is 0.153 e. The van der Waals surface area contributed by atoms with E-state index in [4.69, 9.17) is 5.73 Å². The van der Waals surface area contributed by atoms with Crippen LogP contribution in [-0.4, -0.2) is 24.6 Å². The molecule has 0 unspecified atom stereocenters. The molecule has 1 aromatic rings. The van der Waals surface area contributed by atoms with E-state index in [9.17, 15) is 8.42 Å². The largest absolute Gasteiger partial charge is 0.382 e. The number of nitrogens with zero attached hydrogens (tertiary/aromatic N) is 2. The van der Waals surface area contributed by atoms with E-state index in [1.165, 1.54) is 12.4 Å². The number of hydrogen-bond donors (Lipinski definition) is 1. The number of rotatable bonds is 2. The first-order chi connectivity index (χ1) is 5.47. The Morgan fingerprint density at radius 2 is 2.08 bits per heavy atom. The monoisotopic (exact) mass is 187 g/mol. The highest BCUT2D eigenvalue weighted by Crippen LogP contribution is 2.00. The highest BCUT2D eigenvalue weighted by Gasteiger charge is 2.05. The minimum atomic E-state index is -3.03. The summed E-state index contributed by atoms with van der Waals surface area (Å²) >= 11 is 0. The lowest BCUT2D eigenvalue weighted by atomic mass is 10.5. The van der Waals surface area contributed by atoms with Crippen molar-refractivity contribution in [1.29, 1.82) is 0 Å². The zero-order valence-electron chi connectivity index (χ0n) is 6.56. The second-order valence-corrected chi connectivity index (χ2v) is 4.64. The Hall–Kier alpha value is -1.17. The van der Waals surface area contributed by atoms with E-state index in [2.05, 4.69) is 9.97 Å². The minimum absolute atomic E-state index is 0.0969. The lowest BCUT2D eigenvalue weighted by Gasteiger charge is -1.97. The Morgan fingerprint density at radius 3 is 2.50 bits per heavy atom. The average Bonchev–Trinajstić information content (AvgIpc) is 1.91. The van der Waals surface area contributed by atoms with Crippen molar-refractivity contribution in [1.82, 2.24) is 9.97 Å². The SMILES string of the molecule is CS(=O)(=O)Cc1cnc(N)cn1. The van der Waals surface area contributed by atoms with E-state index in [-0.39, 0.29) is 11.6 Å². The molecular formula is C6H9N3O2S. The van der Waals surface area contributed by atoms with Crippen molar-refractivity contribution in [3.8, 4) is 0 Å². The summed E-state index contributed by atoms with van der Waals surface area (Å²) in [5.41, 5.74) is 5.68. The van der Waals surface area contributed by atoms with E-state index in [1.54, 1.807) is 0 Å². The van der Waals surface area contributed by atoms with Crippen molar-refractivity contribution in [2.24, 2.45) is 0 Å². The molecule has 2 N–H and O–H groups in total. The summed E-state index contributed by atoms with van der Waals surface area (Å²) < 4.78 is 21.6. The number of hydrogen-bond acceptors (Lipinski definition) is 5. The Bertz CT molecular complexity index is 357. The highest BCUT2D eigenvalue weighted by atomic mass is 32.2. The molecule has 66 valence electrons. The van der Waals surface area contributed by atoms with Crippen LogP contribution in [0.3, 0.4) is 0 Å². The maximum atomic E-state index is 10.8. The molecule has 0 aliphatic rings. The standard InChI is InChI=1S/C6H9N3O2S/c1-12(10,11)4-5-2-9-6(7)3-8-5/h2-3H,4H2,1H3,(H2,7,9). The van der Waals surface area contributed by atoms with Crippen LogP contribution >= 0.6 is 0 Å². The minimum Gasteiger partial charge on any atom is -0.382 e. The van der Waals surface area contributed by atoms with Gasteiger partial charge in [0.15, 0.2) is 9.84 Å². The first-order valence-corrected chi connectivity index (χ1v) is 5.27. The molecule has 12 heavy (non-hydrogen) atoms. The van der Waals surface area contributed by atoms with Crippen molar-refractivity contribution < 1.29 is 8.42 Å². The van der Waals surface area contributed by atoms with E-state index in [1.807, 2.05) is 0 Å².